The van der Waals surface area contributed by atoms with Gasteiger partial charge >= 0.3 is 0 Å². The SMILES string of the molecule is CC1(C(=O)NCc2ccccc2)CCCN(C(=O)c2cccc(F)c2)C1. The Kier molecular flexibility index (Phi) is 5.35. The van der Waals surface area contributed by atoms with E-state index in [0.29, 0.717) is 25.2 Å². The van der Waals surface area contributed by atoms with Crippen molar-refractivity contribution in [2.45, 2.75) is 26.3 Å². The second-order valence-electron chi connectivity index (χ2n) is 7.07. The Labute approximate surface area is 153 Å². The summed E-state index contributed by atoms with van der Waals surface area (Å²) >= 11 is 0. The summed E-state index contributed by atoms with van der Waals surface area (Å²) in [6, 6.07) is 15.4. The van der Waals surface area contributed by atoms with E-state index >= 15 is 0 Å². The fraction of sp³-hybridized carbons (Fsp3) is 0.333. The van der Waals surface area contributed by atoms with Gasteiger partial charge in [-0.05, 0) is 43.5 Å². The van der Waals surface area contributed by atoms with E-state index in [0.717, 1.165) is 18.4 Å². The van der Waals surface area contributed by atoms with Crippen LogP contribution in [0.15, 0.2) is 54.6 Å². The van der Waals surface area contributed by atoms with Crippen molar-refractivity contribution < 1.29 is 14.0 Å². The number of piperidine rings is 1. The molecule has 2 aromatic rings. The zero-order valence-electron chi connectivity index (χ0n) is 14.9. The van der Waals surface area contributed by atoms with Gasteiger partial charge in [-0.15, -0.1) is 0 Å². The molecule has 1 fully saturated rings. The maximum absolute atomic E-state index is 13.4. The smallest absolute Gasteiger partial charge is 0.253 e. The number of nitrogens with one attached hydrogen (secondary N) is 1. The number of benzene rings is 2. The molecule has 26 heavy (non-hydrogen) atoms. The quantitative estimate of drug-likeness (QED) is 0.915. The topological polar surface area (TPSA) is 49.4 Å². The normalized spacial score (nSPS) is 19.8. The highest BCUT2D eigenvalue weighted by Crippen LogP contribution is 2.30. The summed E-state index contributed by atoms with van der Waals surface area (Å²) in [6.45, 7) is 3.27. The van der Waals surface area contributed by atoms with Crippen molar-refractivity contribution in [1.82, 2.24) is 10.2 Å². The third-order valence-electron chi connectivity index (χ3n) is 4.90. The Morgan fingerprint density at radius 1 is 1.15 bits per heavy atom. The fourth-order valence-corrected chi connectivity index (χ4v) is 3.39. The van der Waals surface area contributed by atoms with E-state index in [9.17, 15) is 14.0 Å². The first-order valence-corrected chi connectivity index (χ1v) is 8.85. The number of carbonyl (C=O) groups excluding carboxylic acids is 2. The molecule has 136 valence electrons. The first-order valence-electron chi connectivity index (χ1n) is 8.85. The summed E-state index contributed by atoms with van der Waals surface area (Å²) in [5.74, 6) is -0.722. The van der Waals surface area contributed by atoms with E-state index in [-0.39, 0.29) is 11.8 Å². The highest BCUT2D eigenvalue weighted by Gasteiger charge is 2.39. The van der Waals surface area contributed by atoms with Gasteiger partial charge < -0.3 is 10.2 Å². The second-order valence-corrected chi connectivity index (χ2v) is 7.07. The minimum atomic E-state index is -0.643. The lowest BCUT2D eigenvalue weighted by Crippen LogP contribution is -2.51. The first kappa shape index (κ1) is 18.1. The second kappa shape index (κ2) is 7.68. The zero-order chi connectivity index (χ0) is 18.6. The Balaban J connectivity index is 1.66. The highest BCUT2D eigenvalue weighted by atomic mass is 19.1. The van der Waals surface area contributed by atoms with Crippen molar-refractivity contribution in [3.8, 4) is 0 Å². The van der Waals surface area contributed by atoms with E-state index in [2.05, 4.69) is 5.32 Å². The Morgan fingerprint density at radius 3 is 2.65 bits per heavy atom. The fourth-order valence-electron chi connectivity index (χ4n) is 3.39. The van der Waals surface area contributed by atoms with Crippen LogP contribution in [0.5, 0.6) is 0 Å². The van der Waals surface area contributed by atoms with E-state index in [1.807, 2.05) is 37.3 Å². The van der Waals surface area contributed by atoms with E-state index in [1.54, 1.807) is 11.0 Å². The summed E-state index contributed by atoms with van der Waals surface area (Å²) in [7, 11) is 0. The molecule has 2 aromatic carbocycles. The van der Waals surface area contributed by atoms with E-state index < -0.39 is 11.2 Å². The summed E-state index contributed by atoms with van der Waals surface area (Å²) in [5, 5.41) is 2.98. The molecule has 0 aliphatic carbocycles. The van der Waals surface area contributed by atoms with Gasteiger partial charge in [0.2, 0.25) is 5.91 Å². The van der Waals surface area contributed by atoms with Crippen LogP contribution in [0.25, 0.3) is 0 Å². The predicted molar refractivity (Wildman–Crippen MR) is 97.9 cm³/mol. The lowest BCUT2D eigenvalue weighted by molar-refractivity contribution is -0.132. The van der Waals surface area contributed by atoms with Crippen LogP contribution < -0.4 is 5.32 Å². The van der Waals surface area contributed by atoms with Crippen LogP contribution in [-0.2, 0) is 11.3 Å². The van der Waals surface area contributed by atoms with Crippen LogP contribution in [0.4, 0.5) is 4.39 Å². The summed E-state index contributed by atoms with van der Waals surface area (Å²) in [5.41, 5.74) is 0.711. The maximum atomic E-state index is 13.4. The van der Waals surface area contributed by atoms with Gasteiger partial charge in [0.25, 0.3) is 5.91 Å². The molecule has 0 spiro atoms. The molecule has 1 saturated heterocycles. The molecule has 2 amide bonds. The molecule has 3 rings (SSSR count). The number of carbonyl (C=O) groups is 2. The van der Waals surface area contributed by atoms with Gasteiger partial charge in [-0.25, -0.2) is 4.39 Å². The molecular weight excluding hydrogens is 331 g/mol. The first-order chi connectivity index (χ1) is 12.5. The summed E-state index contributed by atoms with van der Waals surface area (Å²) in [6.07, 6.45) is 1.47. The van der Waals surface area contributed by atoms with Gasteiger partial charge in [-0.2, -0.15) is 0 Å². The monoisotopic (exact) mass is 354 g/mol. The number of likely N-dealkylation sites (tertiary alicyclic amines) is 1. The Morgan fingerprint density at radius 2 is 1.92 bits per heavy atom. The summed E-state index contributed by atoms with van der Waals surface area (Å²) in [4.78, 5) is 27.1. The average Bonchev–Trinajstić information content (AvgIpc) is 2.66. The number of rotatable bonds is 4. The molecule has 1 aliphatic heterocycles. The molecule has 1 aliphatic rings. The van der Waals surface area contributed by atoms with Crippen LogP contribution in [0.1, 0.15) is 35.7 Å². The largest absolute Gasteiger partial charge is 0.351 e. The zero-order valence-corrected chi connectivity index (χ0v) is 14.9. The summed E-state index contributed by atoms with van der Waals surface area (Å²) < 4.78 is 13.4. The molecule has 0 radical (unpaired) electrons. The van der Waals surface area contributed by atoms with Gasteiger partial charge in [0.15, 0.2) is 0 Å². The van der Waals surface area contributed by atoms with Crippen molar-refractivity contribution >= 4 is 11.8 Å². The third-order valence-corrected chi connectivity index (χ3v) is 4.90. The van der Waals surface area contributed by atoms with Gasteiger partial charge in [-0.1, -0.05) is 36.4 Å². The van der Waals surface area contributed by atoms with Gasteiger partial charge in [-0.3, -0.25) is 9.59 Å². The number of nitrogens with zero attached hydrogens (tertiary/aromatic N) is 1. The molecule has 1 N–H and O–H groups in total. The highest BCUT2D eigenvalue weighted by molar-refractivity contribution is 5.95. The molecule has 1 unspecified atom stereocenters. The van der Waals surface area contributed by atoms with Crippen molar-refractivity contribution in [3.63, 3.8) is 0 Å². The van der Waals surface area contributed by atoms with Crippen LogP contribution in [0.2, 0.25) is 0 Å². The van der Waals surface area contributed by atoms with Gasteiger partial charge in [0.1, 0.15) is 5.82 Å². The number of hydrogen-bond acceptors (Lipinski definition) is 2. The van der Waals surface area contributed by atoms with Crippen LogP contribution >= 0.6 is 0 Å². The van der Waals surface area contributed by atoms with Gasteiger partial charge in [0, 0.05) is 25.2 Å². The molecule has 4 nitrogen and oxygen atoms in total. The molecule has 1 heterocycles. The van der Waals surface area contributed by atoms with E-state index in [4.69, 9.17) is 0 Å². The standard InChI is InChI=1S/C21H23FN2O2/c1-21(20(26)23-14-16-7-3-2-4-8-16)11-6-12-24(15-21)19(25)17-9-5-10-18(22)13-17/h2-5,7-10,13H,6,11-12,14-15H2,1H3,(H,23,26). The van der Waals surface area contributed by atoms with E-state index in [1.165, 1.54) is 18.2 Å². The molecule has 0 saturated carbocycles. The molecule has 0 aromatic heterocycles. The van der Waals surface area contributed by atoms with Gasteiger partial charge in [0.05, 0.1) is 5.41 Å². The van der Waals surface area contributed by atoms with Crippen LogP contribution in [0, 0.1) is 11.2 Å². The lowest BCUT2D eigenvalue weighted by atomic mass is 9.80. The average molecular weight is 354 g/mol. The predicted octanol–water partition coefficient (Wildman–Crippen LogP) is 3.38. The third kappa shape index (κ3) is 4.10. The number of amides is 2. The Bertz CT molecular complexity index is 794. The van der Waals surface area contributed by atoms with Crippen LogP contribution in [-0.4, -0.2) is 29.8 Å². The van der Waals surface area contributed by atoms with Crippen molar-refractivity contribution in [3.05, 3.63) is 71.5 Å². The minimum Gasteiger partial charge on any atom is -0.351 e. The van der Waals surface area contributed by atoms with Crippen molar-refractivity contribution in [2.24, 2.45) is 5.41 Å². The number of halogens is 1. The molecular formula is C21H23FN2O2. The number of hydrogen-bond donors (Lipinski definition) is 1. The lowest BCUT2D eigenvalue weighted by Gasteiger charge is -2.39. The molecule has 0 bridgehead atoms. The van der Waals surface area contributed by atoms with Crippen LogP contribution in [0.3, 0.4) is 0 Å². The minimum absolute atomic E-state index is 0.0573. The molecule has 1 atom stereocenters. The Hall–Kier alpha value is -2.69. The van der Waals surface area contributed by atoms with Crippen molar-refractivity contribution in [1.29, 1.82) is 0 Å². The molecule has 5 heteroatoms. The maximum Gasteiger partial charge on any atom is 0.253 e. The van der Waals surface area contributed by atoms with Crippen molar-refractivity contribution in [2.75, 3.05) is 13.1 Å².